The Labute approximate surface area is 202 Å². The van der Waals surface area contributed by atoms with Crippen LogP contribution < -0.4 is 4.74 Å². The van der Waals surface area contributed by atoms with Crippen LogP contribution in [0.4, 0.5) is 4.39 Å². The van der Waals surface area contributed by atoms with E-state index < -0.39 is 5.60 Å². The summed E-state index contributed by atoms with van der Waals surface area (Å²) in [6.45, 7) is 5.03. The highest BCUT2D eigenvalue weighted by molar-refractivity contribution is 5.96. The quantitative estimate of drug-likeness (QED) is 0.339. The molecule has 0 radical (unpaired) electrons. The lowest BCUT2D eigenvalue weighted by Gasteiger charge is -2.24. The molecule has 0 bridgehead atoms. The monoisotopic (exact) mass is 475 g/mol. The van der Waals surface area contributed by atoms with Gasteiger partial charge in [-0.25, -0.2) is 9.37 Å². The first-order chi connectivity index (χ1) is 16.7. The van der Waals surface area contributed by atoms with E-state index in [2.05, 4.69) is 15.1 Å². The van der Waals surface area contributed by atoms with Crippen molar-refractivity contribution in [1.29, 1.82) is 0 Å². The molecule has 4 aromatic rings. The number of carbonyl (C=O) groups excluding carboxylic acids is 1. The van der Waals surface area contributed by atoms with Crippen molar-refractivity contribution < 1.29 is 23.6 Å². The molecule has 1 unspecified atom stereocenters. The van der Waals surface area contributed by atoms with Crippen LogP contribution in [0.25, 0.3) is 22.7 Å². The zero-order chi connectivity index (χ0) is 25.2. The molecular formula is C27H26FN3O4. The predicted octanol–water partition coefficient (Wildman–Crippen LogP) is 5.43. The summed E-state index contributed by atoms with van der Waals surface area (Å²) in [5, 5.41) is 14.9. The number of carbonyl (C=O) groups is 1. The number of nitrogens with zero attached hydrogens (tertiary/aromatic N) is 3. The van der Waals surface area contributed by atoms with E-state index in [9.17, 15) is 14.3 Å². The van der Waals surface area contributed by atoms with Gasteiger partial charge in [-0.1, -0.05) is 17.3 Å². The van der Waals surface area contributed by atoms with Crippen molar-refractivity contribution in [3.05, 3.63) is 83.1 Å². The second-order valence-corrected chi connectivity index (χ2v) is 8.63. The molecule has 2 aromatic heterocycles. The van der Waals surface area contributed by atoms with Gasteiger partial charge in [-0.3, -0.25) is 4.79 Å². The molecule has 0 aliphatic rings. The molecular weight excluding hydrogens is 449 g/mol. The second kappa shape index (κ2) is 9.76. The summed E-state index contributed by atoms with van der Waals surface area (Å²) in [6.07, 6.45) is 0.280. The first kappa shape index (κ1) is 24.2. The summed E-state index contributed by atoms with van der Waals surface area (Å²) in [5.74, 6) is 1.01. The highest BCUT2D eigenvalue weighted by atomic mass is 19.1. The zero-order valence-corrected chi connectivity index (χ0v) is 20.0. The number of Topliss-reactive ketones (excluding diaryl/α,β-unsaturated/α-hetero) is 1. The Balaban J connectivity index is 1.50. The van der Waals surface area contributed by atoms with Crippen molar-refractivity contribution in [3.63, 3.8) is 0 Å². The summed E-state index contributed by atoms with van der Waals surface area (Å²) in [5.41, 5.74) is 1.91. The molecule has 0 spiro atoms. The molecule has 1 N–H and O–H groups in total. The molecule has 0 amide bonds. The fourth-order valence-electron chi connectivity index (χ4n) is 3.75. The number of ether oxygens (including phenoxy) is 1. The number of halogens is 1. The van der Waals surface area contributed by atoms with Crippen LogP contribution in [0.5, 0.6) is 5.75 Å². The van der Waals surface area contributed by atoms with Crippen LogP contribution in [0.3, 0.4) is 0 Å². The molecule has 8 heteroatoms. The van der Waals surface area contributed by atoms with Gasteiger partial charge in [0.2, 0.25) is 0 Å². The van der Waals surface area contributed by atoms with Crippen molar-refractivity contribution in [2.24, 2.45) is 0 Å². The number of aryl methyl sites for hydroxylation is 2. The molecule has 0 aliphatic carbocycles. The minimum atomic E-state index is -1.37. The number of ketones is 1. The molecule has 1 atom stereocenters. The number of benzene rings is 2. The number of hydrogen-bond acceptors (Lipinski definition) is 7. The smallest absolute Gasteiger partial charge is 0.257 e. The number of pyridine rings is 1. The lowest BCUT2D eigenvalue weighted by molar-refractivity contribution is 0.0397. The van der Waals surface area contributed by atoms with Crippen LogP contribution in [-0.4, -0.2) is 33.1 Å². The van der Waals surface area contributed by atoms with Gasteiger partial charge in [0.05, 0.1) is 12.8 Å². The van der Waals surface area contributed by atoms with E-state index in [1.54, 1.807) is 69.3 Å². The van der Waals surface area contributed by atoms with Crippen LogP contribution in [0, 0.1) is 19.7 Å². The minimum absolute atomic E-state index is 0.110. The summed E-state index contributed by atoms with van der Waals surface area (Å²) in [7, 11) is 1.53. The molecule has 2 aromatic carbocycles. The number of aliphatic hydroxyl groups is 1. The van der Waals surface area contributed by atoms with Gasteiger partial charge in [-0.2, -0.15) is 4.98 Å². The Morgan fingerprint density at radius 1 is 1.06 bits per heavy atom. The molecule has 7 nitrogen and oxygen atoms in total. The molecule has 2 heterocycles. The molecule has 4 rings (SSSR count). The van der Waals surface area contributed by atoms with Crippen molar-refractivity contribution >= 4 is 5.78 Å². The average molecular weight is 476 g/mol. The number of aromatic nitrogens is 3. The van der Waals surface area contributed by atoms with Gasteiger partial charge in [0.15, 0.2) is 11.6 Å². The maximum Gasteiger partial charge on any atom is 0.257 e. The van der Waals surface area contributed by atoms with Crippen LogP contribution in [0.1, 0.15) is 47.2 Å². The van der Waals surface area contributed by atoms with Crippen molar-refractivity contribution in [2.75, 3.05) is 7.11 Å². The van der Waals surface area contributed by atoms with Gasteiger partial charge in [-0.05, 0) is 75.2 Å². The standard InChI is InChI=1S/C27H26FN3O4/c1-16-15-20(9-10-21(16)28)25-23(34-4)11-12-24(30-25)27(3,33)14-13-22(32)18-5-7-19(8-6-18)26-29-17(2)31-35-26/h5-12,15,33H,13-14H2,1-4H3. The van der Waals surface area contributed by atoms with E-state index in [-0.39, 0.29) is 24.4 Å². The molecule has 35 heavy (non-hydrogen) atoms. The van der Waals surface area contributed by atoms with E-state index >= 15 is 0 Å². The third-order valence-electron chi connectivity index (χ3n) is 5.88. The Hall–Kier alpha value is -3.91. The van der Waals surface area contributed by atoms with Gasteiger partial charge in [-0.15, -0.1) is 0 Å². The fourth-order valence-corrected chi connectivity index (χ4v) is 3.75. The first-order valence-corrected chi connectivity index (χ1v) is 11.2. The third-order valence-corrected chi connectivity index (χ3v) is 5.88. The van der Waals surface area contributed by atoms with Crippen LogP contribution in [-0.2, 0) is 5.60 Å². The fraction of sp³-hybridized carbons (Fsp3) is 0.259. The van der Waals surface area contributed by atoms with E-state index in [1.165, 1.54) is 13.2 Å². The SMILES string of the molecule is COc1ccc(C(C)(O)CCC(=O)c2ccc(-c3nc(C)no3)cc2)nc1-c1ccc(F)c(C)c1. The second-order valence-electron chi connectivity index (χ2n) is 8.63. The predicted molar refractivity (Wildman–Crippen MR) is 129 cm³/mol. The third kappa shape index (κ3) is 5.27. The average Bonchev–Trinajstić information content (AvgIpc) is 3.30. The van der Waals surface area contributed by atoms with Crippen LogP contribution >= 0.6 is 0 Å². The van der Waals surface area contributed by atoms with Crippen molar-refractivity contribution in [3.8, 4) is 28.5 Å². The van der Waals surface area contributed by atoms with E-state index in [1.807, 2.05) is 0 Å². The first-order valence-electron chi connectivity index (χ1n) is 11.2. The summed E-state index contributed by atoms with van der Waals surface area (Å²) < 4.78 is 24.3. The number of hydrogen-bond donors (Lipinski definition) is 1. The maximum atomic E-state index is 13.8. The number of methoxy groups -OCH3 is 1. The Kier molecular flexibility index (Phi) is 6.75. The highest BCUT2D eigenvalue weighted by Crippen LogP contribution is 2.33. The normalized spacial score (nSPS) is 12.9. The van der Waals surface area contributed by atoms with E-state index in [0.29, 0.717) is 45.5 Å². The summed E-state index contributed by atoms with van der Waals surface area (Å²) in [6, 6.07) is 15.0. The van der Waals surface area contributed by atoms with Gasteiger partial charge >= 0.3 is 0 Å². The highest BCUT2D eigenvalue weighted by Gasteiger charge is 2.27. The van der Waals surface area contributed by atoms with Crippen molar-refractivity contribution in [2.45, 2.75) is 39.2 Å². The zero-order valence-electron chi connectivity index (χ0n) is 20.0. The van der Waals surface area contributed by atoms with Gasteiger partial charge in [0.1, 0.15) is 22.9 Å². The Morgan fingerprint density at radius 2 is 1.77 bits per heavy atom. The topological polar surface area (TPSA) is 98.3 Å². The van der Waals surface area contributed by atoms with E-state index in [0.717, 1.165) is 5.56 Å². The molecule has 0 saturated carbocycles. The van der Waals surface area contributed by atoms with Crippen LogP contribution in [0.2, 0.25) is 0 Å². The summed E-state index contributed by atoms with van der Waals surface area (Å²) >= 11 is 0. The Morgan fingerprint density at radius 3 is 2.40 bits per heavy atom. The van der Waals surface area contributed by atoms with Crippen LogP contribution in [0.15, 0.2) is 59.1 Å². The molecule has 180 valence electrons. The van der Waals surface area contributed by atoms with Gasteiger partial charge in [0.25, 0.3) is 5.89 Å². The minimum Gasteiger partial charge on any atom is -0.494 e. The lowest BCUT2D eigenvalue weighted by Crippen LogP contribution is -2.24. The van der Waals surface area contributed by atoms with Crippen molar-refractivity contribution in [1.82, 2.24) is 15.1 Å². The summed E-state index contributed by atoms with van der Waals surface area (Å²) in [4.78, 5) is 21.6. The molecule has 0 fully saturated rings. The molecule has 0 aliphatic heterocycles. The largest absolute Gasteiger partial charge is 0.494 e. The van der Waals surface area contributed by atoms with E-state index in [4.69, 9.17) is 9.26 Å². The van der Waals surface area contributed by atoms with Gasteiger partial charge < -0.3 is 14.4 Å². The number of rotatable bonds is 8. The maximum absolute atomic E-state index is 13.8. The van der Waals surface area contributed by atoms with Gasteiger partial charge in [0, 0.05) is 23.1 Å². The Bertz CT molecular complexity index is 1360. The molecule has 0 saturated heterocycles. The lowest BCUT2D eigenvalue weighted by atomic mass is 9.92.